The smallest absolute Gasteiger partial charge is 0.261 e. The molecule has 1 unspecified atom stereocenters. The maximum Gasteiger partial charge on any atom is 0.261 e. The van der Waals surface area contributed by atoms with Crippen LogP contribution >= 0.6 is 11.3 Å². The lowest BCUT2D eigenvalue weighted by Crippen LogP contribution is -2.44. The van der Waals surface area contributed by atoms with Gasteiger partial charge in [-0.25, -0.2) is 8.51 Å². The van der Waals surface area contributed by atoms with Crippen LogP contribution in [0.3, 0.4) is 0 Å². The number of pyridine rings is 1. The summed E-state index contributed by atoms with van der Waals surface area (Å²) >= 11 is 1.44. The number of rotatable bonds is 5. The van der Waals surface area contributed by atoms with Crippen molar-refractivity contribution < 1.29 is 9.00 Å². The number of hydrogen-bond donors (Lipinski definition) is 2. The molecule has 3 aromatic rings. The number of nitrogens with one attached hydrogen (secondary N) is 2. The predicted molar refractivity (Wildman–Crippen MR) is 108 cm³/mol. The Kier molecular flexibility index (Phi) is 5.58. The van der Waals surface area contributed by atoms with E-state index in [4.69, 9.17) is 0 Å². The molecular weight excluding hydrogens is 380 g/mol. The second-order valence-electron chi connectivity index (χ2n) is 6.28. The Bertz CT molecular complexity index is 932. The Labute approximate surface area is 164 Å². The number of hydrogen-bond acceptors (Lipinski definition) is 5. The molecule has 0 spiro atoms. The molecule has 1 atom stereocenters. The zero-order valence-corrected chi connectivity index (χ0v) is 16.3. The maximum atomic E-state index is 12.6. The van der Waals surface area contributed by atoms with Crippen molar-refractivity contribution in [3.8, 4) is 0 Å². The van der Waals surface area contributed by atoms with Gasteiger partial charge in [-0.1, -0.05) is 12.1 Å². The minimum atomic E-state index is -1.13. The number of benzene rings is 1. The van der Waals surface area contributed by atoms with Gasteiger partial charge in [0.25, 0.3) is 5.91 Å². The van der Waals surface area contributed by atoms with Crippen LogP contribution in [0.25, 0.3) is 10.1 Å². The molecule has 6 nitrogen and oxygen atoms in total. The predicted octanol–water partition coefficient (Wildman–Crippen LogP) is 2.15. The van der Waals surface area contributed by atoms with Crippen LogP contribution in [0.15, 0.2) is 53.7 Å². The Balaban J connectivity index is 1.36. The van der Waals surface area contributed by atoms with Crippen molar-refractivity contribution in [3.05, 3.63) is 59.2 Å². The molecule has 1 saturated heterocycles. The van der Waals surface area contributed by atoms with Crippen LogP contribution in [-0.2, 0) is 17.5 Å². The first-order valence-corrected chi connectivity index (χ1v) is 10.7. The second-order valence-corrected chi connectivity index (χ2v) is 8.85. The van der Waals surface area contributed by atoms with Gasteiger partial charge in [0.1, 0.15) is 11.0 Å². The van der Waals surface area contributed by atoms with Crippen LogP contribution in [0, 0.1) is 0 Å². The van der Waals surface area contributed by atoms with Crippen molar-refractivity contribution in [2.75, 3.05) is 26.2 Å². The second kappa shape index (κ2) is 8.26. The number of amides is 1. The van der Waals surface area contributed by atoms with E-state index in [1.165, 1.54) is 11.3 Å². The van der Waals surface area contributed by atoms with E-state index in [0.29, 0.717) is 11.4 Å². The van der Waals surface area contributed by atoms with E-state index >= 15 is 0 Å². The number of piperazine rings is 1. The zero-order chi connectivity index (χ0) is 18.6. The summed E-state index contributed by atoms with van der Waals surface area (Å²) in [5.74, 6) is -0.0929. The number of carbonyl (C=O) groups is 1. The van der Waals surface area contributed by atoms with Gasteiger partial charge in [0.05, 0.1) is 14.5 Å². The SMILES string of the molecule is O=C(NCc1ccc(S(=O)N2CCNCC2)cc1)c1cc2ccncc2s1. The molecule has 2 N–H and O–H groups in total. The highest BCUT2D eigenvalue weighted by Crippen LogP contribution is 2.24. The van der Waals surface area contributed by atoms with Crippen molar-refractivity contribution in [2.45, 2.75) is 11.4 Å². The molecule has 1 aromatic carbocycles. The molecular formula is C19H20N4O2S2. The molecule has 0 aliphatic carbocycles. The molecule has 4 rings (SSSR count). The highest BCUT2D eigenvalue weighted by Gasteiger charge is 2.17. The molecule has 2 aromatic heterocycles. The van der Waals surface area contributed by atoms with Crippen molar-refractivity contribution in [1.82, 2.24) is 19.9 Å². The summed E-state index contributed by atoms with van der Waals surface area (Å²) in [7, 11) is -1.13. The lowest BCUT2D eigenvalue weighted by molar-refractivity contribution is 0.0955. The summed E-state index contributed by atoms with van der Waals surface area (Å²) in [4.78, 5) is 17.9. The quantitative estimate of drug-likeness (QED) is 0.688. The fraction of sp³-hybridized carbons (Fsp3) is 0.263. The summed E-state index contributed by atoms with van der Waals surface area (Å²) in [6.07, 6.45) is 3.50. The van der Waals surface area contributed by atoms with Gasteiger partial charge in [0.15, 0.2) is 0 Å². The third-order valence-corrected chi connectivity index (χ3v) is 7.03. The van der Waals surface area contributed by atoms with Crippen LogP contribution in [0.4, 0.5) is 0 Å². The number of thiophene rings is 1. The third-order valence-electron chi connectivity index (χ3n) is 4.44. The van der Waals surface area contributed by atoms with Crippen LogP contribution in [-0.4, -0.2) is 45.6 Å². The highest BCUT2D eigenvalue weighted by molar-refractivity contribution is 7.82. The normalized spacial score (nSPS) is 16.3. The summed E-state index contributed by atoms with van der Waals surface area (Å²) in [6.45, 7) is 3.74. The van der Waals surface area contributed by atoms with Gasteiger partial charge in [0, 0.05) is 45.1 Å². The molecule has 0 bridgehead atoms. The number of aromatic nitrogens is 1. The lowest BCUT2D eigenvalue weighted by Gasteiger charge is -2.25. The van der Waals surface area contributed by atoms with Crippen LogP contribution < -0.4 is 10.6 Å². The molecule has 140 valence electrons. The van der Waals surface area contributed by atoms with Crippen LogP contribution in [0.2, 0.25) is 0 Å². The molecule has 1 aliphatic heterocycles. The van der Waals surface area contributed by atoms with Gasteiger partial charge in [-0.05, 0) is 35.2 Å². The summed E-state index contributed by atoms with van der Waals surface area (Å²) < 4.78 is 15.6. The van der Waals surface area contributed by atoms with E-state index in [1.807, 2.05) is 40.7 Å². The lowest BCUT2D eigenvalue weighted by atomic mass is 10.2. The number of carbonyl (C=O) groups excluding carboxylic acids is 1. The average Bonchev–Trinajstić information content (AvgIpc) is 3.17. The largest absolute Gasteiger partial charge is 0.347 e. The van der Waals surface area contributed by atoms with E-state index in [-0.39, 0.29) is 5.91 Å². The molecule has 1 fully saturated rings. The van der Waals surface area contributed by atoms with E-state index in [2.05, 4.69) is 15.6 Å². The van der Waals surface area contributed by atoms with E-state index in [9.17, 15) is 9.00 Å². The first kappa shape index (κ1) is 18.2. The standard InChI is InChI=1S/C19H20N4O2S2/c24-19(17-11-15-5-6-21-13-18(15)26-17)22-12-14-1-3-16(4-2-14)27(25)23-9-7-20-8-10-23/h1-6,11,13,20H,7-10,12H2,(H,22,24). The Hall–Kier alpha value is -2.13. The molecule has 27 heavy (non-hydrogen) atoms. The van der Waals surface area contributed by atoms with E-state index < -0.39 is 11.0 Å². The van der Waals surface area contributed by atoms with E-state index in [1.54, 1.807) is 12.4 Å². The molecule has 0 saturated carbocycles. The monoisotopic (exact) mass is 400 g/mol. The third kappa shape index (κ3) is 4.24. The first-order valence-electron chi connectivity index (χ1n) is 8.79. The minimum Gasteiger partial charge on any atom is -0.347 e. The van der Waals surface area contributed by atoms with Gasteiger partial charge in [-0.2, -0.15) is 0 Å². The van der Waals surface area contributed by atoms with Crippen molar-refractivity contribution in [1.29, 1.82) is 0 Å². The number of fused-ring (bicyclic) bond motifs is 1. The van der Waals surface area contributed by atoms with Gasteiger partial charge in [-0.15, -0.1) is 11.3 Å². The fourth-order valence-corrected chi connectivity index (χ4v) is 5.08. The summed E-state index contributed by atoms with van der Waals surface area (Å²) in [5.41, 5.74) is 0.979. The van der Waals surface area contributed by atoms with Gasteiger partial charge in [-0.3, -0.25) is 9.78 Å². The fourth-order valence-electron chi connectivity index (χ4n) is 2.95. The topological polar surface area (TPSA) is 74.3 Å². The summed E-state index contributed by atoms with van der Waals surface area (Å²) in [5, 5.41) is 7.23. The highest BCUT2D eigenvalue weighted by atomic mass is 32.2. The van der Waals surface area contributed by atoms with E-state index in [0.717, 1.165) is 46.7 Å². The van der Waals surface area contributed by atoms with Gasteiger partial charge in [0.2, 0.25) is 0 Å². The van der Waals surface area contributed by atoms with Crippen molar-refractivity contribution in [3.63, 3.8) is 0 Å². The first-order chi connectivity index (χ1) is 13.2. The molecule has 8 heteroatoms. The zero-order valence-electron chi connectivity index (χ0n) is 14.7. The molecule has 3 heterocycles. The van der Waals surface area contributed by atoms with Crippen LogP contribution in [0.1, 0.15) is 15.2 Å². The van der Waals surface area contributed by atoms with Gasteiger partial charge >= 0.3 is 0 Å². The Morgan fingerprint density at radius 2 is 2.00 bits per heavy atom. The van der Waals surface area contributed by atoms with Gasteiger partial charge < -0.3 is 10.6 Å². The molecule has 1 amide bonds. The Morgan fingerprint density at radius 3 is 2.74 bits per heavy atom. The minimum absolute atomic E-state index is 0.0929. The van der Waals surface area contributed by atoms with Crippen LogP contribution in [0.5, 0.6) is 0 Å². The van der Waals surface area contributed by atoms with Crippen molar-refractivity contribution in [2.24, 2.45) is 0 Å². The Morgan fingerprint density at radius 1 is 1.22 bits per heavy atom. The molecule has 0 radical (unpaired) electrons. The molecule has 1 aliphatic rings. The van der Waals surface area contributed by atoms with Crippen molar-refractivity contribution >= 4 is 38.3 Å². The number of nitrogens with zero attached hydrogens (tertiary/aromatic N) is 2. The average molecular weight is 401 g/mol. The maximum absolute atomic E-state index is 12.6. The summed E-state index contributed by atoms with van der Waals surface area (Å²) in [6, 6.07) is 11.4.